The maximum Gasteiger partial charge on any atom is 0.336 e. The Hall–Kier alpha value is -2.16. The van der Waals surface area contributed by atoms with Gasteiger partial charge in [-0.3, -0.25) is 4.79 Å². The molecule has 0 saturated carbocycles. The van der Waals surface area contributed by atoms with Crippen LogP contribution in [0.4, 0.5) is 0 Å². The Morgan fingerprint density at radius 2 is 2.06 bits per heavy atom. The van der Waals surface area contributed by atoms with Crippen LogP contribution in [0, 0.1) is 0 Å². The molecule has 0 bridgehead atoms. The Kier molecular flexibility index (Phi) is 2.68. The molecule has 0 unspecified atom stereocenters. The van der Waals surface area contributed by atoms with Crippen molar-refractivity contribution in [2.45, 2.75) is 6.92 Å². The van der Waals surface area contributed by atoms with Crippen molar-refractivity contribution in [3.8, 4) is 0 Å². The quantitative estimate of drug-likeness (QED) is 0.569. The first-order chi connectivity index (χ1) is 7.65. The first-order valence-corrected chi connectivity index (χ1v) is 4.88. The van der Waals surface area contributed by atoms with E-state index in [1.54, 1.807) is 24.3 Å². The van der Waals surface area contributed by atoms with Crippen molar-refractivity contribution in [2.24, 2.45) is 0 Å². The minimum Gasteiger partial charge on any atom is -0.423 e. The second-order valence-electron chi connectivity index (χ2n) is 3.50. The SMILES string of the molecule is CC(=O)C=Cc1ccc2oc(=O)ccc2c1. The molecule has 2 aromatic rings. The van der Waals surface area contributed by atoms with Crippen molar-refractivity contribution in [2.75, 3.05) is 0 Å². The van der Waals surface area contributed by atoms with Gasteiger partial charge in [-0.05, 0) is 36.8 Å². The highest BCUT2D eigenvalue weighted by Gasteiger charge is 1.97. The lowest BCUT2D eigenvalue weighted by Gasteiger charge is -1.97. The van der Waals surface area contributed by atoms with Gasteiger partial charge in [0.15, 0.2) is 5.78 Å². The number of rotatable bonds is 2. The zero-order valence-electron chi connectivity index (χ0n) is 8.77. The topological polar surface area (TPSA) is 47.3 Å². The summed E-state index contributed by atoms with van der Waals surface area (Å²) in [5.41, 5.74) is 1.09. The van der Waals surface area contributed by atoms with Gasteiger partial charge in [-0.25, -0.2) is 4.79 Å². The lowest BCUT2D eigenvalue weighted by molar-refractivity contribution is -0.112. The number of benzene rings is 1. The van der Waals surface area contributed by atoms with E-state index in [4.69, 9.17) is 4.42 Å². The predicted molar refractivity (Wildman–Crippen MR) is 62.2 cm³/mol. The van der Waals surface area contributed by atoms with Gasteiger partial charge in [0.25, 0.3) is 0 Å². The van der Waals surface area contributed by atoms with Gasteiger partial charge in [-0.1, -0.05) is 12.1 Å². The van der Waals surface area contributed by atoms with Crippen molar-refractivity contribution >= 4 is 22.8 Å². The molecule has 1 aromatic carbocycles. The summed E-state index contributed by atoms with van der Waals surface area (Å²) in [4.78, 5) is 21.7. The summed E-state index contributed by atoms with van der Waals surface area (Å²) in [7, 11) is 0. The Balaban J connectivity index is 2.48. The Labute approximate surface area is 92.0 Å². The fourth-order valence-electron chi connectivity index (χ4n) is 1.41. The van der Waals surface area contributed by atoms with Crippen LogP contribution >= 0.6 is 0 Å². The summed E-state index contributed by atoms with van der Waals surface area (Å²) in [6.45, 7) is 1.50. The summed E-state index contributed by atoms with van der Waals surface area (Å²) >= 11 is 0. The predicted octanol–water partition coefficient (Wildman–Crippen LogP) is 2.40. The normalized spacial score (nSPS) is 11.1. The average molecular weight is 214 g/mol. The highest BCUT2D eigenvalue weighted by Crippen LogP contribution is 2.14. The first kappa shape index (κ1) is 10.4. The van der Waals surface area contributed by atoms with Gasteiger partial charge < -0.3 is 4.42 Å². The molecule has 0 radical (unpaired) electrons. The molecule has 80 valence electrons. The van der Waals surface area contributed by atoms with Gasteiger partial charge in [0.2, 0.25) is 0 Å². The lowest BCUT2D eigenvalue weighted by Crippen LogP contribution is -1.94. The molecule has 0 atom stereocenters. The second kappa shape index (κ2) is 4.14. The van der Waals surface area contributed by atoms with Gasteiger partial charge in [0.05, 0.1) is 0 Å². The van der Waals surface area contributed by atoms with Crippen molar-refractivity contribution in [3.05, 3.63) is 52.4 Å². The molecule has 0 aliphatic rings. The second-order valence-corrected chi connectivity index (χ2v) is 3.50. The molecule has 0 aliphatic heterocycles. The van der Waals surface area contributed by atoms with E-state index in [1.165, 1.54) is 19.1 Å². The van der Waals surface area contributed by atoms with Crippen LogP contribution in [0.15, 0.2) is 45.6 Å². The van der Waals surface area contributed by atoms with Gasteiger partial charge in [0, 0.05) is 11.5 Å². The standard InChI is InChI=1S/C13H10O3/c1-9(14)2-3-10-4-6-12-11(8-10)5-7-13(15)16-12/h2-8H,1H3. The third kappa shape index (κ3) is 2.25. The van der Waals surface area contributed by atoms with Crippen LogP contribution in [-0.4, -0.2) is 5.78 Å². The first-order valence-electron chi connectivity index (χ1n) is 4.88. The van der Waals surface area contributed by atoms with Gasteiger partial charge in [0.1, 0.15) is 5.58 Å². The van der Waals surface area contributed by atoms with Crippen molar-refractivity contribution < 1.29 is 9.21 Å². The van der Waals surface area contributed by atoms with Crippen LogP contribution in [0.1, 0.15) is 12.5 Å². The molecule has 0 aliphatic carbocycles. The zero-order valence-corrected chi connectivity index (χ0v) is 8.77. The monoisotopic (exact) mass is 214 g/mol. The highest BCUT2D eigenvalue weighted by atomic mass is 16.4. The number of ketones is 1. The summed E-state index contributed by atoms with van der Waals surface area (Å²) in [5.74, 6) is -0.000287. The van der Waals surface area contributed by atoms with Crippen molar-refractivity contribution in [1.82, 2.24) is 0 Å². The van der Waals surface area contributed by atoms with Crippen LogP contribution in [0.5, 0.6) is 0 Å². The van der Waals surface area contributed by atoms with Crippen LogP contribution in [0.2, 0.25) is 0 Å². The van der Waals surface area contributed by atoms with E-state index in [0.29, 0.717) is 5.58 Å². The van der Waals surface area contributed by atoms with Gasteiger partial charge >= 0.3 is 5.63 Å². The van der Waals surface area contributed by atoms with Crippen LogP contribution in [0.3, 0.4) is 0 Å². The number of allylic oxidation sites excluding steroid dienone is 1. The fraction of sp³-hybridized carbons (Fsp3) is 0.0769. The third-order valence-electron chi connectivity index (χ3n) is 2.15. The van der Waals surface area contributed by atoms with Crippen LogP contribution in [0.25, 0.3) is 17.0 Å². The molecule has 3 heteroatoms. The maximum atomic E-state index is 11.0. The minimum atomic E-state index is -0.362. The molecule has 3 nitrogen and oxygen atoms in total. The summed E-state index contributed by atoms with van der Waals surface area (Å²) < 4.78 is 5.00. The molecule has 0 amide bonds. The van der Waals surface area contributed by atoms with Gasteiger partial charge in [-0.2, -0.15) is 0 Å². The van der Waals surface area contributed by atoms with E-state index >= 15 is 0 Å². The van der Waals surface area contributed by atoms with E-state index in [0.717, 1.165) is 10.9 Å². The summed E-state index contributed by atoms with van der Waals surface area (Å²) in [6, 6.07) is 8.45. The highest BCUT2D eigenvalue weighted by molar-refractivity contribution is 5.92. The number of carbonyl (C=O) groups excluding carboxylic acids is 1. The molecule has 1 aromatic heterocycles. The number of hydrogen-bond acceptors (Lipinski definition) is 3. The van der Waals surface area contributed by atoms with Crippen molar-refractivity contribution in [1.29, 1.82) is 0 Å². The number of fused-ring (bicyclic) bond motifs is 1. The molecule has 0 N–H and O–H groups in total. The summed E-state index contributed by atoms with van der Waals surface area (Å²) in [5, 5.41) is 0.838. The zero-order chi connectivity index (χ0) is 11.5. The molecule has 2 rings (SSSR count). The van der Waals surface area contributed by atoms with E-state index < -0.39 is 0 Å². The molecular weight excluding hydrogens is 204 g/mol. The van der Waals surface area contributed by atoms with E-state index in [1.807, 2.05) is 6.07 Å². The van der Waals surface area contributed by atoms with E-state index in [9.17, 15) is 9.59 Å². The van der Waals surface area contributed by atoms with E-state index in [2.05, 4.69) is 0 Å². The number of carbonyl (C=O) groups is 1. The lowest BCUT2D eigenvalue weighted by atomic mass is 10.1. The van der Waals surface area contributed by atoms with Crippen LogP contribution < -0.4 is 5.63 Å². The third-order valence-corrected chi connectivity index (χ3v) is 2.15. The molecule has 0 fully saturated rings. The summed E-state index contributed by atoms with van der Waals surface area (Å²) in [6.07, 6.45) is 3.23. The molecule has 16 heavy (non-hydrogen) atoms. The van der Waals surface area contributed by atoms with Gasteiger partial charge in [-0.15, -0.1) is 0 Å². The Bertz CT molecular complexity index is 620. The minimum absolute atomic E-state index is 0.000287. The van der Waals surface area contributed by atoms with E-state index in [-0.39, 0.29) is 11.4 Å². The van der Waals surface area contributed by atoms with Crippen molar-refractivity contribution in [3.63, 3.8) is 0 Å². The maximum absolute atomic E-state index is 11.0. The smallest absolute Gasteiger partial charge is 0.336 e. The van der Waals surface area contributed by atoms with Crippen LogP contribution in [-0.2, 0) is 4.79 Å². The average Bonchev–Trinajstić information content (AvgIpc) is 2.26. The number of hydrogen-bond donors (Lipinski definition) is 0. The molecule has 0 saturated heterocycles. The molecule has 0 spiro atoms. The Morgan fingerprint density at radius 1 is 1.25 bits per heavy atom. The molecule has 1 heterocycles. The molecular formula is C13H10O3. The largest absolute Gasteiger partial charge is 0.423 e. The fourth-order valence-corrected chi connectivity index (χ4v) is 1.41. The Morgan fingerprint density at radius 3 is 2.81 bits per heavy atom.